The van der Waals surface area contributed by atoms with E-state index in [4.69, 9.17) is 9.78 Å². The topological polar surface area (TPSA) is 18.5 Å². The molecule has 0 unspecified atom stereocenters. The highest BCUT2D eigenvalue weighted by atomic mass is 17.2. The maximum absolute atomic E-state index is 7.00. The zero-order valence-electron chi connectivity index (χ0n) is 21.1. The first kappa shape index (κ1) is 24.1. The molecule has 6 rings (SSSR count). The first-order chi connectivity index (χ1) is 18.8. The van der Waals surface area contributed by atoms with Crippen molar-refractivity contribution in [3.63, 3.8) is 0 Å². The van der Waals surface area contributed by atoms with E-state index < -0.39 is 11.2 Å². The van der Waals surface area contributed by atoms with Gasteiger partial charge in [-0.3, -0.25) is 0 Å². The summed E-state index contributed by atoms with van der Waals surface area (Å²) >= 11 is 0. The molecule has 0 heterocycles. The first-order valence-corrected chi connectivity index (χ1v) is 13.1. The van der Waals surface area contributed by atoms with E-state index in [-0.39, 0.29) is 11.8 Å². The molecule has 0 atom stereocenters. The van der Waals surface area contributed by atoms with Crippen molar-refractivity contribution in [1.82, 2.24) is 0 Å². The Labute approximate surface area is 224 Å². The molecule has 2 heteroatoms. The van der Waals surface area contributed by atoms with Gasteiger partial charge in [-0.15, -0.1) is 0 Å². The second kappa shape index (κ2) is 10.6. The Balaban J connectivity index is 1.56. The van der Waals surface area contributed by atoms with Crippen molar-refractivity contribution < 1.29 is 9.78 Å². The largest absolute Gasteiger partial charge is 0.218 e. The normalized spacial score (nSPS) is 15.5. The number of hydrogen-bond acceptors (Lipinski definition) is 2. The summed E-state index contributed by atoms with van der Waals surface area (Å²) < 4.78 is 0. The lowest BCUT2D eigenvalue weighted by Crippen LogP contribution is -2.44. The molecular formula is C36H30O2. The maximum Gasteiger partial charge on any atom is 0.163 e. The third-order valence-electron chi connectivity index (χ3n) is 7.55. The lowest BCUT2D eigenvalue weighted by atomic mass is 9.76. The summed E-state index contributed by atoms with van der Waals surface area (Å²) in [6.07, 6.45) is 17.1. The standard InChI is InChI=1S/C36H30O2/c1-5-17-29(18-6-1)35(33-25-13-14-26-33,30-19-7-2-8-20-30)37-38-36(34-27-15-16-28-34,31-21-9-3-10-22-31)32-23-11-4-12-24-32/h1-28,33-34H. The van der Waals surface area contributed by atoms with E-state index in [1.54, 1.807) is 0 Å². The van der Waals surface area contributed by atoms with E-state index in [0.29, 0.717) is 0 Å². The van der Waals surface area contributed by atoms with Gasteiger partial charge in [-0.25, -0.2) is 9.78 Å². The van der Waals surface area contributed by atoms with Crippen LogP contribution in [0.1, 0.15) is 22.3 Å². The Morgan fingerprint density at radius 3 is 0.816 bits per heavy atom. The minimum Gasteiger partial charge on any atom is -0.218 e. The predicted octanol–water partition coefficient (Wildman–Crippen LogP) is 8.31. The van der Waals surface area contributed by atoms with Gasteiger partial charge < -0.3 is 0 Å². The highest BCUT2D eigenvalue weighted by Gasteiger charge is 2.49. The average Bonchev–Trinajstić information content (AvgIpc) is 3.74. The number of rotatable bonds is 9. The number of hydrogen-bond donors (Lipinski definition) is 0. The predicted molar refractivity (Wildman–Crippen MR) is 153 cm³/mol. The third-order valence-corrected chi connectivity index (χ3v) is 7.55. The SMILES string of the molecule is C1=CC(C(OOC(c2ccccc2)(c2ccccc2)C2C=CC=C2)(c2ccccc2)c2ccccc2)C=C1. The van der Waals surface area contributed by atoms with E-state index in [2.05, 4.69) is 146 Å². The number of benzene rings is 4. The van der Waals surface area contributed by atoms with Gasteiger partial charge in [0.1, 0.15) is 0 Å². The van der Waals surface area contributed by atoms with Gasteiger partial charge in [0.05, 0.1) is 0 Å². The van der Waals surface area contributed by atoms with Crippen LogP contribution in [0.4, 0.5) is 0 Å². The van der Waals surface area contributed by atoms with Crippen molar-refractivity contribution in [2.45, 2.75) is 11.2 Å². The van der Waals surface area contributed by atoms with Crippen LogP contribution in [0.5, 0.6) is 0 Å². The van der Waals surface area contributed by atoms with Gasteiger partial charge in [0.15, 0.2) is 11.2 Å². The van der Waals surface area contributed by atoms with Crippen molar-refractivity contribution >= 4 is 0 Å². The molecule has 38 heavy (non-hydrogen) atoms. The van der Waals surface area contributed by atoms with Gasteiger partial charge >= 0.3 is 0 Å². The molecule has 0 aromatic heterocycles. The van der Waals surface area contributed by atoms with Crippen LogP contribution in [0, 0.1) is 11.8 Å². The van der Waals surface area contributed by atoms with Crippen LogP contribution in [0.25, 0.3) is 0 Å². The van der Waals surface area contributed by atoms with Crippen LogP contribution in [0.3, 0.4) is 0 Å². The molecule has 0 radical (unpaired) electrons. The quantitative estimate of drug-likeness (QED) is 0.172. The molecule has 0 fully saturated rings. The summed E-state index contributed by atoms with van der Waals surface area (Å²) in [4.78, 5) is 14.0. The lowest BCUT2D eigenvalue weighted by Gasteiger charge is -2.43. The van der Waals surface area contributed by atoms with Crippen LogP contribution < -0.4 is 0 Å². The van der Waals surface area contributed by atoms with Gasteiger partial charge in [0.25, 0.3) is 0 Å². The molecular weight excluding hydrogens is 464 g/mol. The molecule has 186 valence electrons. The molecule has 0 spiro atoms. The molecule has 0 saturated carbocycles. The van der Waals surface area contributed by atoms with Crippen LogP contribution in [-0.4, -0.2) is 0 Å². The van der Waals surface area contributed by atoms with Crippen molar-refractivity contribution in [1.29, 1.82) is 0 Å². The summed E-state index contributed by atoms with van der Waals surface area (Å²) in [6, 6.07) is 41.6. The molecule has 2 aliphatic rings. The second-order valence-electron chi connectivity index (χ2n) is 9.69. The smallest absolute Gasteiger partial charge is 0.163 e. The van der Waals surface area contributed by atoms with Gasteiger partial charge in [-0.2, -0.15) is 0 Å². The van der Waals surface area contributed by atoms with Crippen molar-refractivity contribution in [2.24, 2.45) is 11.8 Å². The zero-order chi connectivity index (χ0) is 25.7. The van der Waals surface area contributed by atoms with Gasteiger partial charge in [-0.05, 0) is 22.3 Å². The molecule has 0 N–H and O–H groups in total. The number of allylic oxidation sites excluding steroid dienone is 4. The van der Waals surface area contributed by atoms with E-state index in [9.17, 15) is 0 Å². The van der Waals surface area contributed by atoms with Crippen LogP contribution >= 0.6 is 0 Å². The monoisotopic (exact) mass is 494 g/mol. The average molecular weight is 495 g/mol. The van der Waals surface area contributed by atoms with Crippen molar-refractivity contribution in [3.8, 4) is 0 Å². The second-order valence-corrected chi connectivity index (χ2v) is 9.69. The Morgan fingerprint density at radius 2 is 0.579 bits per heavy atom. The van der Waals surface area contributed by atoms with E-state index >= 15 is 0 Å². The summed E-state index contributed by atoms with van der Waals surface area (Å²) in [5, 5.41) is 0. The fourth-order valence-electron chi connectivity index (χ4n) is 5.69. The minimum absolute atomic E-state index is 0.0637. The molecule has 4 aromatic carbocycles. The molecule has 4 aromatic rings. The fourth-order valence-corrected chi connectivity index (χ4v) is 5.69. The highest BCUT2D eigenvalue weighted by molar-refractivity contribution is 5.44. The summed E-state index contributed by atoms with van der Waals surface area (Å²) in [6.45, 7) is 0. The van der Waals surface area contributed by atoms with Crippen molar-refractivity contribution in [2.75, 3.05) is 0 Å². The van der Waals surface area contributed by atoms with Gasteiger partial charge in [-0.1, -0.05) is 170 Å². The molecule has 0 saturated heterocycles. The molecule has 0 bridgehead atoms. The van der Waals surface area contributed by atoms with Crippen LogP contribution in [0.15, 0.2) is 170 Å². The van der Waals surface area contributed by atoms with Gasteiger partial charge in [0.2, 0.25) is 0 Å². The van der Waals surface area contributed by atoms with Crippen LogP contribution in [-0.2, 0) is 21.0 Å². The Hall–Kier alpha value is -4.24. The summed E-state index contributed by atoms with van der Waals surface area (Å²) in [7, 11) is 0. The Kier molecular flexibility index (Phi) is 6.75. The zero-order valence-corrected chi connectivity index (χ0v) is 21.1. The van der Waals surface area contributed by atoms with Crippen LogP contribution in [0.2, 0.25) is 0 Å². The molecule has 0 amide bonds. The molecule has 0 aliphatic heterocycles. The summed E-state index contributed by atoms with van der Waals surface area (Å²) in [5.41, 5.74) is 2.29. The molecule has 2 nitrogen and oxygen atoms in total. The Bertz CT molecular complexity index is 1230. The Morgan fingerprint density at radius 1 is 0.342 bits per heavy atom. The van der Waals surface area contributed by atoms with E-state index in [1.165, 1.54) is 0 Å². The van der Waals surface area contributed by atoms with E-state index in [0.717, 1.165) is 22.3 Å². The summed E-state index contributed by atoms with van der Waals surface area (Å²) in [5.74, 6) is -0.127. The van der Waals surface area contributed by atoms with Gasteiger partial charge in [0, 0.05) is 11.8 Å². The van der Waals surface area contributed by atoms with Crippen molar-refractivity contribution in [3.05, 3.63) is 192 Å². The molecule has 2 aliphatic carbocycles. The maximum atomic E-state index is 7.00. The fraction of sp³-hybridized carbons (Fsp3) is 0.111. The van der Waals surface area contributed by atoms with E-state index in [1.807, 2.05) is 24.3 Å². The highest BCUT2D eigenvalue weighted by Crippen LogP contribution is 2.49. The third kappa shape index (κ3) is 4.18. The lowest BCUT2D eigenvalue weighted by molar-refractivity contribution is -0.415. The minimum atomic E-state index is -0.910. The first-order valence-electron chi connectivity index (χ1n) is 13.1.